The molecule has 0 aromatic heterocycles. The Kier molecular flexibility index (Phi) is 6.34. The molecule has 0 amide bonds. The zero-order valence-electron chi connectivity index (χ0n) is 18.3. The Morgan fingerprint density at radius 1 is 1.23 bits per heavy atom. The molecule has 0 unspecified atom stereocenters. The van der Waals surface area contributed by atoms with Crippen LogP contribution in [0.25, 0.3) is 0 Å². The SMILES string of the molecule is CCOc1cc([C@@H]2[C@H]3CN(C)CC=C3[C@@H](C#N)C(=N)C2(C#N)C#N)ccc1OC(C)C. The van der Waals surface area contributed by atoms with Gasteiger partial charge in [-0.3, -0.25) is 0 Å². The minimum absolute atomic E-state index is 0.0388. The molecule has 3 rings (SSSR count). The molecule has 7 nitrogen and oxygen atoms in total. The third-order valence-electron chi connectivity index (χ3n) is 5.96. The van der Waals surface area contributed by atoms with E-state index in [1.54, 1.807) is 6.07 Å². The van der Waals surface area contributed by atoms with Crippen molar-refractivity contribution < 1.29 is 9.47 Å². The summed E-state index contributed by atoms with van der Waals surface area (Å²) in [5.41, 5.74) is -0.311. The summed E-state index contributed by atoms with van der Waals surface area (Å²) in [6.07, 6.45) is 1.94. The first-order valence-electron chi connectivity index (χ1n) is 10.5. The van der Waals surface area contributed by atoms with Gasteiger partial charge in [0.1, 0.15) is 5.92 Å². The zero-order chi connectivity index (χ0) is 22.8. The molecule has 3 atom stereocenters. The molecule has 7 heteroatoms. The van der Waals surface area contributed by atoms with Gasteiger partial charge in [0.15, 0.2) is 16.9 Å². The maximum Gasteiger partial charge on any atom is 0.189 e. The molecule has 1 fully saturated rings. The van der Waals surface area contributed by atoms with Gasteiger partial charge in [0, 0.05) is 24.9 Å². The lowest BCUT2D eigenvalue weighted by Gasteiger charge is -2.47. The minimum atomic E-state index is -1.73. The predicted molar refractivity (Wildman–Crippen MR) is 116 cm³/mol. The van der Waals surface area contributed by atoms with Gasteiger partial charge in [-0.1, -0.05) is 12.1 Å². The van der Waals surface area contributed by atoms with Gasteiger partial charge in [-0.15, -0.1) is 0 Å². The quantitative estimate of drug-likeness (QED) is 0.731. The molecule has 0 radical (unpaired) electrons. The van der Waals surface area contributed by atoms with Gasteiger partial charge >= 0.3 is 0 Å². The van der Waals surface area contributed by atoms with Crippen LogP contribution < -0.4 is 9.47 Å². The second-order valence-electron chi connectivity index (χ2n) is 8.32. The van der Waals surface area contributed by atoms with Crippen molar-refractivity contribution in [3.8, 4) is 29.7 Å². The number of hydrogen-bond donors (Lipinski definition) is 1. The van der Waals surface area contributed by atoms with Crippen LogP contribution in [-0.4, -0.2) is 43.5 Å². The summed E-state index contributed by atoms with van der Waals surface area (Å²) < 4.78 is 11.7. The van der Waals surface area contributed by atoms with E-state index in [-0.39, 0.29) is 17.7 Å². The molecule has 1 heterocycles. The second kappa shape index (κ2) is 8.80. The van der Waals surface area contributed by atoms with Crippen LogP contribution in [0.1, 0.15) is 32.3 Å². The highest BCUT2D eigenvalue weighted by molar-refractivity contribution is 6.00. The Hall–Kier alpha value is -3.34. The predicted octanol–water partition coefficient (Wildman–Crippen LogP) is 3.65. The first-order valence-corrected chi connectivity index (χ1v) is 10.5. The van der Waals surface area contributed by atoms with Crippen LogP contribution in [0.15, 0.2) is 29.8 Å². The van der Waals surface area contributed by atoms with Crippen molar-refractivity contribution in [1.29, 1.82) is 21.2 Å². The molecule has 1 N–H and O–H groups in total. The number of rotatable bonds is 5. The Balaban J connectivity index is 2.22. The summed E-state index contributed by atoms with van der Waals surface area (Å²) in [6, 6.07) is 11.9. The van der Waals surface area contributed by atoms with Crippen LogP contribution in [0.3, 0.4) is 0 Å². The van der Waals surface area contributed by atoms with Gasteiger partial charge in [0.25, 0.3) is 0 Å². The summed E-state index contributed by atoms with van der Waals surface area (Å²) in [7, 11) is 1.97. The van der Waals surface area contributed by atoms with E-state index in [0.29, 0.717) is 31.2 Å². The molecule has 1 aliphatic heterocycles. The van der Waals surface area contributed by atoms with E-state index in [9.17, 15) is 15.8 Å². The molecule has 1 aliphatic carbocycles. The highest BCUT2D eigenvalue weighted by Crippen LogP contribution is 2.54. The second-order valence-corrected chi connectivity index (χ2v) is 8.32. The number of hydrogen-bond acceptors (Lipinski definition) is 7. The van der Waals surface area contributed by atoms with Crippen LogP contribution in [0.2, 0.25) is 0 Å². The van der Waals surface area contributed by atoms with Crippen LogP contribution in [0, 0.1) is 56.7 Å². The van der Waals surface area contributed by atoms with Gasteiger partial charge in [-0.05, 0) is 51.1 Å². The van der Waals surface area contributed by atoms with E-state index in [2.05, 4.69) is 23.1 Å². The smallest absolute Gasteiger partial charge is 0.189 e. The van der Waals surface area contributed by atoms with Gasteiger partial charge in [-0.2, -0.15) is 15.8 Å². The van der Waals surface area contributed by atoms with E-state index in [4.69, 9.17) is 14.9 Å². The van der Waals surface area contributed by atoms with Crippen molar-refractivity contribution in [2.45, 2.75) is 32.8 Å². The number of benzene rings is 1. The van der Waals surface area contributed by atoms with Crippen molar-refractivity contribution in [3.63, 3.8) is 0 Å². The van der Waals surface area contributed by atoms with Crippen LogP contribution in [0.4, 0.5) is 0 Å². The van der Waals surface area contributed by atoms with Gasteiger partial charge in [-0.25, -0.2) is 0 Å². The van der Waals surface area contributed by atoms with Crippen LogP contribution >= 0.6 is 0 Å². The lowest BCUT2D eigenvalue weighted by atomic mass is 9.54. The Labute approximate surface area is 183 Å². The maximum atomic E-state index is 10.1. The fourth-order valence-corrected chi connectivity index (χ4v) is 4.67. The lowest BCUT2D eigenvalue weighted by molar-refractivity contribution is 0.221. The van der Waals surface area contributed by atoms with Crippen molar-refractivity contribution in [3.05, 3.63) is 35.4 Å². The van der Waals surface area contributed by atoms with E-state index >= 15 is 0 Å². The van der Waals surface area contributed by atoms with Crippen molar-refractivity contribution >= 4 is 5.71 Å². The molecular formula is C24H27N5O2. The lowest BCUT2D eigenvalue weighted by Crippen LogP contribution is -2.52. The molecule has 1 saturated carbocycles. The normalized spacial score (nSPS) is 24.9. The highest BCUT2D eigenvalue weighted by Gasteiger charge is 2.57. The number of ether oxygens (including phenoxy) is 2. The Morgan fingerprint density at radius 2 is 1.94 bits per heavy atom. The van der Waals surface area contributed by atoms with Crippen LogP contribution in [0.5, 0.6) is 11.5 Å². The standard InChI is InChI=1S/C24H27N5O2/c1-5-30-21-10-16(6-7-20(21)31-15(2)3)22-19-12-29(4)9-8-17(19)18(11-25)23(28)24(22,13-26)14-27/h6-8,10,15,18-19,22,28H,5,9,12H2,1-4H3/t18-,19+,22-/m1/s1. The molecule has 2 aliphatic rings. The zero-order valence-corrected chi connectivity index (χ0v) is 18.3. The van der Waals surface area contributed by atoms with E-state index in [0.717, 1.165) is 11.1 Å². The first kappa shape index (κ1) is 22.3. The largest absolute Gasteiger partial charge is 0.490 e. The summed E-state index contributed by atoms with van der Waals surface area (Å²) in [5.74, 6) is -0.548. The topological polar surface area (TPSA) is 117 Å². The van der Waals surface area contributed by atoms with E-state index in [1.807, 2.05) is 46.0 Å². The number of nitrogens with zero attached hydrogens (tertiary/aromatic N) is 4. The highest BCUT2D eigenvalue weighted by atomic mass is 16.5. The number of likely N-dealkylation sites (N-methyl/N-ethyl adjacent to an activating group) is 1. The van der Waals surface area contributed by atoms with Gasteiger partial charge < -0.3 is 19.8 Å². The van der Waals surface area contributed by atoms with Crippen LogP contribution in [-0.2, 0) is 0 Å². The molecule has 31 heavy (non-hydrogen) atoms. The molecule has 0 saturated heterocycles. The minimum Gasteiger partial charge on any atom is -0.490 e. The number of nitriles is 3. The number of nitrogens with one attached hydrogen (secondary N) is 1. The van der Waals surface area contributed by atoms with E-state index in [1.165, 1.54) is 0 Å². The summed E-state index contributed by atoms with van der Waals surface area (Å²) >= 11 is 0. The van der Waals surface area contributed by atoms with E-state index < -0.39 is 17.3 Å². The first-order chi connectivity index (χ1) is 14.8. The fourth-order valence-electron chi connectivity index (χ4n) is 4.67. The molecule has 0 spiro atoms. The molecule has 1 aromatic rings. The molecule has 160 valence electrons. The Bertz CT molecular complexity index is 1010. The average molecular weight is 418 g/mol. The van der Waals surface area contributed by atoms with Crippen molar-refractivity contribution in [2.24, 2.45) is 17.3 Å². The van der Waals surface area contributed by atoms with Crippen molar-refractivity contribution in [1.82, 2.24) is 4.90 Å². The number of fused-ring (bicyclic) bond motifs is 1. The maximum absolute atomic E-state index is 10.1. The average Bonchev–Trinajstić information content (AvgIpc) is 2.74. The van der Waals surface area contributed by atoms with Gasteiger partial charge in [0.05, 0.1) is 36.6 Å². The Morgan fingerprint density at radius 3 is 2.52 bits per heavy atom. The monoisotopic (exact) mass is 417 g/mol. The molecule has 0 bridgehead atoms. The third kappa shape index (κ3) is 3.76. The molecule has 1 aromatic carbocycles. The summed E-state index contributed by atoms with van der Waals surface area (Å²) in [5, 5.41) is 38.8. The third-order valence-corrected chi connectivity index (χ3v) is 5.96. The fraction of sp³-hybridized carbons (Fsp3) is 0.500. The van der Waals surface area contributed by atoms with Gasteiger partial charge in [0.2, 0.25) is 0 Å². The summed E-state index contributed by atoms with van der Waals surface area (Å²) in [6.45, 7) is 7.45. The molecular weight excluding hydrogens is 390 g/mol. The summed E-state index contributed by atoms with van der Waals surface area (Å²) in [4.78, 5) is 2.10. The van der Waals surface area contributed by atoms with Crippen molar-refractivity contribution in [2.75, 3.05) is 26.7 Å².